The van der Waals surface area contributed by atoms with Crippen LogP contribution < -0.4 is 5.32 Å². The Morgan fingerprint density at radius 3 is 3.24 bits per heavy atom. The van der Waals surface area contributed by atoms with Gasteiger partial charge in [-0.25, -0.2) is 0 Å². The first kappa shape index (κ1) is 11.8. The highest BCUT2D eigenvalue weighted by molar-refractivity contribution is 5.87. The van der Waals surface area contributed by atoms with E-state index in [9.17, 15) is 4.79 Å². The molecule has 17 heavy (non-hydrogen) atoms. The lowest BCUT2D eigenvalue weighted by Gasteiger charge is -2.08. The number of carbonyl (C=O) groups excluding carboxylic acids is 1. The molecular weight excluding hydrogens is 216 g/mol. The van der Waals surface area contributed by atoms with Crippen LogP contribution in [0, 0.1) is 0 Å². The van der Waals surface area contributed by atoms with Crippen LogP contribution in [-0.4, -0.2) is 24.0 Å². The molecule has 1 unspecified atom stereocenters. The number of amides is 1. The molecule has 0 saturated heterocycles. The average molecular weight is 232 g/mol. The van der Waals surface area contributed by atoms with Gasteiger partial charge in [-0.3, -0.25) is 9.78 Å². The molecule has 1 aliphatic carbocycles. The molecule has 0 aromatic carbocycles. The van der Waals surface area contributed by atoms with E-state index in [2.05, 4.69) is 22.9 Å². The first-order chi connectivity index (χ1) is 8.22. The number of pyridine rings is 1. The summed E-state index contributed by atoms with van der Waals surface area (Å²) in [6.45, 7) is 4.02. The molecule has 4 heteroatoms. The zero-order valence-corrected chi connectivity index (χ0v) is 9.90. The number of fused-ring (bicyclic) bond motifs is 1. The molecule has 1 atom stereocenters. The van der Waals surface area contributed by atoms with E-state index < -0.39 is 0 Å². The fourth-order valence-corrected chi connectivity index (χ4v) is 2.13. The standard InChI is InChI=1S/C13H16N2O2/c1-3-13(16)15-11-5-10-4-9(8-17-2)7-14-12(10)6-11/h3-4,7,11H,1,5-6,8H2,2H3,(H,15,16). The summed E-state index contributed by atoms with van der Waals surface area (Å²) < 4.78 is 5.07. The van der Waals surface area contributed by atoms with Gasteiger partial charge in [0.15, 0.2) is 0 Å². The predicted molar refractivity (Wildman–Crippen MR) is 64.5 cm³/mol. The van der Waals surface area contributed by atoms with E-state index in [0.717, 1.165) is 24.1 Å². The molecule has 1 N–H and O–H groups in total. The van der Waals surface area contributed by atoms with Gasteiger partial charge in [0.1, 0.15) is 0 Å². The second-order valence-corrected chi connectivity index (χ2v) is 4.20. The second kappa shape index (κ2) is 5.10. The number of nitrogens with one attached hydrogen (secondary N) is 1. The van der Waals surface area contributed by atoms with Crippen LogP contribution in [0.5, 0.6) is 0 Å². The van der Waals surface area contributed by atoms with Gasteiger partial charge in [0.05, 0.1) is 6.61 Å². The summed E-state index contributed by atoms with van der Waals surface area (Å²) in [6.07, 6.45) is 4.76. The molecule has 1 aromatic rings. The van der Waals surface area contributed by atoms with Gasteiger partial charge < -0.3 is 10.1 Å². The quantitative estimate of drug-likeness (QED) is 0.788. The Labute approximate surface area is 101 Å². The maximum atomic E-state index is 11.2. The Morgan fingerprint density at radius 1 is 1.71 bits per heavy atom. The number of rotatable bonds is 4. The molecule has 0 saturated carbocycles. The van der Waals surface area contributed by atoms with Gasteiger partial charge in [-0.05, 0) is 23.6 Å². The number of methoxy groups -OCH3 is 1. The summed E-state index contributed by atoms with van der Waals surface area (Å²) >= 11 is 0. The van der Waals surface area contributed by atoms with Crippen LogP contribution in [0.1, 0.15) is 16.8 Å². The first-order valence-corrected chi connectivity index (χ1v) is 5.61. The minimum Gasteiger partial charge on any atom is -0.380 e. The van der Waals surface area contributed by atoms with E-state index in [-0.39, 0.29) is 11.9 Å². The van der Waals surface area contributed by atoms with Crippen LogP contribution in [-0.2, 0) is 29.0 Å². The van der Waals surface area contributed by atoms with Gasteiger partial charge in [0, 0.05) is 31.5 Å². The Kier molecular flexibility index (Phi) is 3.54. The third kappa shape index (κ3) is 2.71. The molecule has 2 rings (SSSR count). The first-order valence-electron chi connectivity index (χ1n) is 5.61. The summed E-state index contributed by atoms with van der Waals surface area (Å²) in [7, 11) is 1.67. The maximum absolute atomic E-state index is 11.2. The Bertz CT molecular complexity index is 443. The van der Waals surface area contributed by atoms with Crippen LogP contribution in [0.3, 0.4) is 0 Å². The van der Waals surface area contributed by atoms with E-state index in [1.807, 2.05) is 6.20 Å². The lowest BCUT2D eigenvalue weighted by molar-refractivity contribution is -0.117. The Morgan fingerprint density at radius 2 is 2.53 bits per heavy atom. The predicted octanol–water partition coefficient (Wildman–Crippen LogP) is 0.997. The van der Waals surface area contributed by atoms with E-state index in [1.54, 1.807) is 7.11 Å². The molecule has 1 aliphatic rings. The van der Waals surface area contributed by atoms with Crippen molar-refractivity contribution in [1.82, 2.24) is 10.3 Å². The van der Waals surface area contributed by atoms with Crippen molar-refractivity contribution in [3.63, 3.8) is 0 Å². The van der Waals surface area contributed by atoms with E-state index >= 15 is 0 Å². The van der Waals surface area contributed by atoms with Crippen molar-refractivity contribution in [2.75, 3.05) is 7.11 Å². The van der Waals surface area contributed by atoms with Gasteiger partial charge in [-0.1, -0.05) is 12.6 Å². The van der Waals surface area contributed by atoms with Crippen molar-refractivity contribution in [1.29, 1.82) is 0 Å². The van der Waals surface area contributed by atoms with Crippen LogP contribution in [0.4, 0.5) is 0 Å². The third-order valence-electron chi connectivity index (χ3n) is 2.87. The fraction of sp³-hybridized carbons (Fsp3) is 0.385. The molecule has 0 radical (unpaired) electrons. The molecule has 1 aromatic heterocycles. The van der Waals surface area contributed by atoms with Gasteiger partial charge >= 0.3 is 0 Å². The van der Waals surface area contributed by atoms with Crippen LogP contribution in [0.15, 0.2) is 24.9 Å². The SMILES string of the molecule is C=CC(=O)NC1Cc2cc(COC)cnc2C1. The summed E-state index contributed by atoms with van der Waals surface area (Å²) in [4.78, 5) is 15.6. The lowest BCUT2D eigenvalue weighted by Crippen LogP contribution is -2.33. The zero-order valence-electron chi connectivity index (χ0n) is 9.90. The highest BCUT2D eigenvalue weighted by Gasteiger charge is 2.23. The number of carbonyl (C=O) groups is 1. The molecule has 1 amide bonds. The highest BCUT2D eigenvalue weighted by Crippen LogP contribution is 2.21. The number of hydrogen-bond acceptors (Lipinski definition) is 3. The summed E-state index contributed by atoms with van der Waals surface area (Å²) in [6, 6.07) is 2.24. The highest BCUT2D eigenvalue weighted by atomic mass is 16.5. The molecule has 0 fully saturated rings. The monoisotopic (exact) mass is 232 g/mol. The Balaban J connectivity index is 2.05. The van der Waals surface area contributed by atoms with Gasteiger partial charge in [-0.2, -0.15) is 0 Å². The number of hydrogen-bond donors (Lipinski definition) is 1. The van der Waals surface area contributed by atoms with Crippen molar-refractivity contribution >= 4 is 5.91 Å². The summed E-state index contributed by atoms with van der Waals surface area (Å²) in [5.74, 6) is -0.125. The van der Waals surface area contributed by atoms with Crippen molar-refractivity contribution in [3.8, 4) is 0 Å². The topological polar surface area (TPSA) is 51.2 Å². The van der Waals surface area contributed by atoms with Crippen LogP contribution in [0.25, 0.3) is 0 Å². The zero-order chi connectivity index (χ0) is 12.3. The second-order valence-electron chi connectivity index (χ2n) is 4.20. The molecule has 1 heterocycles. The van der Waals surface area contributed by atoms with Crippen molar-refractivity contribution in [3.05, 3.63) is 41.7 Å². The molecule has 90 valence electrons. The normalized spacial score (nSPS) is 17.6. The maximum Gasteiger partial charge on any atom is 0.243 e. The van der Waals surface area contributed by atoms with Crippen molar-refractivity contribution < 1.29 is 9.53 Å². The van der Waals surface area contributed by atoms with Gasteiger partial charge in [0.2, 0.25) is 5.91 Å². The summed E-state index contributed by atoms with van der Waals surface area (Å²) in [5.41, 5.74) is 3.34. The van der Waals surface area contributed by atoms with Crippen molar-refractivity contribution in [2.24, 2.45) is 0 Å². The number of ether oxygens (including phenoxy) is 1. The fourth-order valence-electron chi connectivity index (χ4n) is 2.13. The smallest absolute Gasteiger partial charge is 0.243 e. The van der Waals surface area contributed by atoms with Gasteiger partial charge in [0.25, 0.3) is 0 Å². The van der Waals surface area contributed by atoms with E-state index in [0.29, 0.717) is 6.61 Å². The average Bonchev–Trinajstić information content (AvgIpc) is 2.70. The van der Waals surface area contributed by atoms with E-state index in [4.69, 9.17) is 4.74 Å². The molecule has 0 spiro atoms. The minimum absolute atomic E-state index is 0.125. The Hall–Kier alpha value is -1.68. The molecule has 0 bridgehead atoms. The van der Waals surface area contributed by atoms with Gasteiger partial charge in [-0.15, -0.1) is 0 Å². The molecule has 0 aliphatic heterocycles. The lowest BCUT2D eigenvalue weighted by atomic mass is 10.1. The summed E-state index contributed by atoms with van der Waals surface area (Å²) in [5, 5.41) is 2.90. The van der Waals surface area contributed by atoms with Crippen LogP contribution in [0.2, 0.25) is 0 Å². The van der Waals surface area contributed by atoms with E-state index in [1.165, 1.54) is 11.6 Å². The van der Waals surface area contributed by atoms with Crippen LogP contribution >= 0.6 is 0 Å². The number of aromatic nitrogens is 1. The van der Waals surface area contributed by atoms with Crippen molar-refractivity contribution in [2.45, 2.75) is 25.5 Å². The third-order valence-corrected chi connectivity index (χ3v) is 2.87. The molecular formula is C13H16N2O2. The minimum atomic E-state index is -0.125. The largest absolute Gasteiger partial charge is 0.380 e. The number of nitrogens with zero attached hydrogens (tertiary/aromatic N) is 1. The molecule has 4 nitrogen and oxygen atoms in total.